The molecule has 0 N–H and O–H groups in total. The second-order valence-corrected chi connectivity index (χ2v) is 5.52. The Morgan fingerprint density at radius 1 is 0.885 bits per heavy atom. The highest BCUT2D eigenvalue weighted by Crippen LogP contribution is 2.22. The Morgan fingerprint density at radius 3 is 2.04 bits per heavy atom. The van der Waals surface area contributed by atoms with E-state index in [1.54, 1.807) is 24.3 Å². The molecule has 0 saturated heterocycles. The molecule has 0 bridgehead atoms. The predicted molar refractivity (Wildman–Crippen MR) is 89.9 cm³/mol. The van der Waals surface area contributed by atoms with Crippen molar-refractivity contribution in [3.05, 3.63) is 70.8 Å². The molecular formula is C19H15NO6. The molecule has 0 aromatic heterocycles. The van der Waals surface area contributed by atoms with Crippen molar-refractivity contribution in [3.8, 4) is 0 Å². The van der Waals surface area contributed by atoms with Gasteiger partial charge >= 0.3 is 11.9 Å². The molecule has 1 heterocycles. The monoisotopic (exact) mass is 353 g/mol. The van der Waals surface area contributed by atoms with Gasteiger partial charge in [-0.1, -0.05) is 18.2 Å². The summed E-state index contributed by atoms with van der Waals surface area (Å²) in [4.78, 5) is 49.1. The summed E-state index contributed by atoms with van der Waals surface area (Å²) in [5, 5.41) is 0. The molecule has 132 valence electrons. The first kappa shape index (κ1) is 17.3. The van der Waals surface area contributed by atoms with Gasteiger partial charge in [0.25, 0.3) is 11.8 Å². The number of imide groups is 1. The standard InChI is InChI=1S/C19H15NO6/c1-25-18(23)12-5-4-6-13(11-12)19(24)26-10-9-20-16(21)14-7-2-3-8-15(14)17(20)22/h2-8,11H,9-10H2,1H3. The van der Waals surface area contributed by atoms with Gasteiger partial charge < -0.3 is 9.47 Å². The maximum atomic E-state index is 12.2. The van der Waals surface area contributed by atoms with Gasteiger partial charge in [0, 0.05) is 0 Å². The molecule has 7 nitrogen and oxygen atoms in total. The van der Waals surface area contributed by atoms with Gasteiger partial charge in [-0.15, -0.1) is 0 Å². The molecule has 0 spiro atoms. The van der Waals surface area contributed by atoms with E-state index in [1.165, 1.54) is 31.4 Å². The predicted octanol–water partition coefficient (Wildman–Crippen LogP) is 1.93. The number of carbonyl (C=O) groups is 4. The first-order valence-corrected chi connectivity index (χ1v) is 7.83. The van der Waals surface area contributed by atoms with E-state index in [0.29, 0.717) is 11.1 Å². The SMILES string of the molecule is COC(=O)c1cccc(C(=O)OCCN2C(=O)c3ccccc3C2=O)c1. The third-order valence-electron chi connectivity index (χ3n) is 3.95. The highest BCUT2D eigenvalue weighted by atomic mass is 16.5. The molecule has 1 aliphatic rings. The van der Waals surface area contributed by atoms with Crippen LogP contribution in [0.4, 0.5) is 0 Å². The number of amides is 2. The molecule has 3 rings (SSSR count). The largest absolute Gasteiger partial charge is 0.465 e. The summed E-state index contributed by atoms with van der Waals surface area (Å²) in [6, 6.07) is 12.4. The lowest BCUT2D eigenvalue weighted by Gasteiger charge is -2.13. The van der Waals surface area contributed by atoms with E-state index < -0.39 is 23.8 Å². The van der Waals surface area contributed by atoms with Crippen LogP contribution < -0.4 is 0 Å². The molecular weight excluding hydrogens is 338 g/mol. The molecule has 0 saturated carbocycles. The van der Waals surface area contributed by atoms with E-state index in [-0.39, 0.29) is 24.3 Å². The molecule has 26 heavy (non-hydrogen) atoms. The zero-order chi connectivity index (χ0) is 18.7. The Balaban J connectivity index is 1.61. The molecule has 0 aliphatic carbocycles. The molecule has 7 heteroatoms. The zero-order valence-corrected chi connectivity index (χ0v) is 13.9. The van der Waals surface area contributed by atoms with Crippen LogP contribution >= 0.6 is 0 Å². The van der Waals surface area contributed by atoms with Gasteiger partial charge in [0.05, 0.1) is 35.9 Å². The van der Waals surface area contributed by atoms with Crippen LogP contribution in [0, 0.1) is 0 Å². The number of hydrogen-bond donors (Lipinski definition) is 0. The summed E-state index contributed by atoms with van der Waals surface area (Å²) in [5.74, 6) is -2.04. The minimum Gasteiger partial charge on any atom is -0.465 e. The number of rotatable bonds is 5. The van der Waals surface area contributed by atoms with Crippen molar-refractivity contribution in [3.63, 3.8) is 0 Å². The van der Waals surface area contributed by atoms with Crippen LogP contribution in [-0.2, 0) is 9.47 Å². The lowest BCUT2D eigenvalue weighted by Crippen LogP contribution is -2.33. The maximum absolute atomic E-state index is 12.2. The van der Waals surface area contributed by atoms with E-state index in [2.05, 4.69) is 4.74 Å². The molecule has 1 aliphatic heterocycles. The van der Waals surface area contributed by atoms with Crippen molar-refractivity contribution >= 4 is 23.8 Å². The van der Waals surface area contributed by atoms with Crippen LogP contribution in [-0.4, -0.2) is 48.9 Å². The van der Waals surface area contributed by atoms with Gasteiger partial charge in [0.2, 0.25) is 0 Å². The highest BCUT2D eigenvalue weighted by Gasteiger charge is 2.34. The molecule has 2 aromatic rings. The third kappa shape index (κ3) is 3.19. The normalized spacial score (nSPS) is 12.7. The van der Waals surface area contributed by atoms with Crippen LogP contribution in [0.15, 0.2) is 48.5 Å². The number of fused-ring (bicyclic) bond motifs is 1. The maximum Gasteiger partial charge on any atom is 0.338 e. The van der Waals surface area contributed by atoms with Crippen molar-refractivity contribution in [2.24, 2.45) is 0 Å². The Kier molecular flexibility index (Phi) is 4.79. The van der Waals surface area contributed by atoms with Crippen LogP contribution in [0.3, 0.4) is 0 Å². The quantitative estimate of drug-likeness (QED) is 0.603. The number of benzene rings is 2. The Morgan fingerprint density at radius 2 is 1.46 bits per heavy atom. The minimum absolute atomic E-state index is 0.0468. The van der Waals surface area contributed by atoms with Gasteiger partial charge in [-0.3, -0.25) is 14.5 Å². The van der Waals surface area contributed by atoms with Crippen molar-refractivity contribution in [1.29, 1.82) is 0 Å². The molecule has 2 amide bonds. The van der Waals surface area contributed by atoms with Crippen LogP contribution in [0.25, 0.3) is 0 Å². The lowest BCUT2D eigenvalue weighted by molar-refractivity contribution is 0.0420. The number of hydrogen-bond acceptors (Lipinski definition) is 6. The molecule has 0 unspecified atom stereocenters. The van der Waals surface area contributed by atoms with E-state index in [1.807, 2.05) is 0 Å². The molecule has 0 atom stereocenters. The Hall–Kier alpha value is -3.48. The number of methoxy groups -OCH3 is 1. The summed E-state index contributed by atoms with van der Waals surface area (Å²) in [5.41, 5.74) is 1.08. The van der Waals surface area contributed by atoms with Gasteiger partial charge in [-0.2, -0.15) is 0 Å². The molecule has 0 radical (unpaired) electrons. The fraction of sp³-hybridized carbons (Fsp3) is 0.158. The zero-order valence-electron chi connectivity index (χ0n) is 13.9. The van der Waals surface area contributed by atoms with Gasteiger partial charge in [0.1, 0.15) is 6.61 Å². The Bertz CT molecular complexity index is 869. The smallest absolute Gasteiger partial charge is 0.338 e. The summed E-state index contributed by atoms with van der Waals surface area (Å²) in [6.07, 6.45) is 0. The van der Waals surface area contributed by atoms with E-state index in [9.17, 15) is 19.2 Å². The summed E-state index contributed by atoms with van der Waals surface area (Å²) in [6.45, 7) is -0.193. The first-order chi connectivity index (χ1) is 12.5. The first-order valence-electron chi connectivity index (χ1n) is 7.83. The number of nitrogens with zero attached hydrogens (tertiary/aromatic N) is 1. The Labute approximate surface area is 149 Å². The van der Waals surface area contributed by atoms with Gasteiger partial charge in [-0.25, -0.2) is 9.59 Å². The lowest BCUT2D eigenvalue weighted by atomic mass is 10.1. The summed E-state index contributed by atoms with van der Waals surface area (Å²) in [7, 11) is 1.25. The second-order valence-electron chi connectivity index (χ2n) is 5.52. The fourth-order valence-electron chi connectivity index (χ4n) is 2.65. The van der Waals surface area contributed by atoms with Crippen molar-refractivity contribution in [2.45, 2.75) is 0 Å². The number of esters is 2. The van der Waals surface area contributed by atoms with Gasteiger partial charge in [-0.05, 0) is 30.3 Å². The average Bonchev–Trinajstić information content (AvgIpc) is 2.92. The minimum atomic E-state index is -0.660. The number of ether oxygens (including phenoxy) is 2. The van der Waals surface area contributed by atoms with Crippen LogP contribution in [0.2, 0.25) is 0 Å². The second kappa shape index (κ2) is 7.18. The molecule has 0 fully saturated rings. The molecule has 2 aromatic carbocycles. The van der Waals surface area contributed by atoms with E-state index in [0.717, 1.165) is 4.90 Å². The number of carbonyl (C=O) groups excluding carboxylic acids is 4. The van der Waals surface area contributed by atoms with Crippen molar-refractivity contribution in [2.75, 3.05) is 20.3 Å². The highest BCUT2D eigenvalue weighted by molar-refractivity contribution is 6.21. The third-order valence-corrected chi connectivity index (χ3v) is 3.95. The van der Waals surface area contributed by atoms with Crippen molar-refractivity contribution < 1.29 is 28.7 Å². The summed E-state index contributed by atoms with van der Waals surface area (Å²) < 4.78 is 9.72. The van der Waals surface area contributed by atoms with Gasteiger partial charge in [0.15, 0.2) is 0 Å². The fourth-order valence-corrected chi connectivity index (χ4v) is 2.65. The van der Waals surface area contributed by atoms with Crippen molar-refractivity contribution in [1.82, 2.24) is 4.90 Å². The van der Waals surface area contributed by atoms with E-state index in [4.69, 9.17) is 4.74 Å². The van der Waals surface area contributed by atoms with Crippen LogP contribution in [0.5, 0.6) is 0 Å². The average molecular weight is 353 g/mol. The summed E-state index contributed by atoms with van der Waals surface area (Å²) >= 11 is 0. The van der Waals surface area contributed by atoms with Crippen LogP contribution in [0.1, 0.15) is 41.4 Å². The topological polar surface area (TPSA) is 90.0 Å². The van der Waals surface area contributed by atoms with E-state index >= 15 is 0 Å².